The number of allylic oxidation sites excluding steroid dienone is 1. The topological polar surface area (TPSA) is 197 Å². The number of fused-ring (bicyclic) bond motifs is 1. The first-order valence-electron chi connectivity index (χ1n) is 21.1. The predicted molar refractivity (Wildman–Crippen MR) is 234 cm³/mol. The molecule has 7 rings (SSSR count). The van der Waals surface area contributed by atoms with Gasteiger partial charge in [0.1, 0.15) is 17.7 Å². The van der Waals surface area contributed by atoms with Crippen molar-refractivity contribution in [2.75, 3.05) is 57.7 Å². The average molecular weight is 818 g/mol. The van der Waals surface area contributed by atoms with Crippen LogP contribution in [0.4, 0.5) is 5.69 Å². The van der Waals surface area contributed by atoms with Crippen LogP contribution >= 0.6 is 0 Å². The summed E-state index contributed by atoms with van der Waals surface area (Å²) in [6, 6.07) is 21.1. The lowest BCUT2D eigenvalue weighted by Gasteiger charge is -2.40. The molecule has 0 aliphatic carbocycles. The number of carbonyl (C=O) groups is 3. The van der Waals surface area contributed by atoms with Gasteiger partial charge in [0.25, 0.3) is 5.91 Å². The molecule has 9 N–H and O–H groups in total. The number of amides is 3. The molecule has 1 aromatic heterocycles. The molecule has 14 heteroatoms. The van der Waals surface area contributed by atoms with Crippen LogP contribution < -0.4 is 27.8 Å². The Hall–Kier alpha value is -5.99. The van der Waals surface area contributed by atoms with Gasteiger partial charge in [-0.15, -0.1) is 0 Å². The van der Waals surface area contributed by atoms with Gasteiger partial charge in [-0.25, -0.2) is 0 Å². The minimum absolute atomic E-state index is 0.0266. The van der Waals surface area contributed by atoms with Crippen LogP contribution in [0.5, 0.6) is 5.75 Å². The highest BCUT2D eigenvalue weighted by atomic mass is 16.5. The van der Waals surface area contributed by atoms with Gasteiger partial charge in [0, 0.05) is 104 Å². The molecule has 3 aromatic carbocycles. The number of hydrogen-bond acceptors (Lipinski definition) is 10. The number of nitrogens with zero attached hydrogens (tertiary/aromatic N) is 4. The number of ether oxygens (including phenoxy) is 1. The van der Waals surface area contributed by atoms with Crippen LogP contribution in [0.3, 0.4) is 0 Å². The van der Waals surface area contributed by atoms with Gasteiger partial charge in [0.05, 0.1) is 12.3 Å². The van der Waals surface area contributed by atoms with E-state index in [2.05, 4.69) is 44.2 Å². The summed E-state index contributed by atoms with van der Waals surface area (Å²) in [5, 5.41) is 16.9. The van der Waals surface area contributed by atoms with Crippen LogP contribution in [0.1, 0.15) is 78.2 Å². The van der Waals surface area contributed by atoms with Crippen LogP contribution in [-0.2, 0) is 14.3 Å². The minimum Gasteiger partial charge on any atom is -0.507 e. The maximum Gasteiger partial charge on any atom is 0.253 e. The van der Waals surface area contributed by atoms with Gasteiger partial charge in [-0.3, -0.25) is 14.4 Å². The number of rotatable bonds is 13. The van der Waals surface area contributed by atoms with E-state index in [1.807, 2.05) is 48.2 Å². The normalized spacial score (nSPS) is 19.6. The SMILES string of the molecule is Cc1cn(C2CCN(CC3CCN(C(=O)c4ccc([C@H]5CN(C(/C=C(\N)c6ccccc6O)=C(N)N)[C@@H](C)CO5)cc4)CC3)CC2)c2ccc(NC(=O)CCNC=O)cc12. The molecule has 3 saturated heterocycles. The third-order valence-corrected chi connectivity index (χ3v) is 12.3. The highest BCUT2D eigenvalue weighted by molar-refractivity contribution is 5.95. The van der Waals surface area contributed by atoms with E-state index in [1.54, 1.807) is 30.3 Å². The van der Waals surface area contributed by atoms with Crippen LogP contribution in [0.25, 0.3) is 16.6 Å². The fourth-order valence-electron chi connectivity index (χ4n) is 8.93. The Bertz CT molecular complexity index is 2210. The van der Waals surface area contributed by atoms with E-state index in [4.69, 9.17) is 21.9 Å². The minimum atomic E-state index is -0.273. The molecule has 3 fully saturated rings. The standard InChI is InChI=1S/C46H59N9O5/c1-30-25-55(40-12-11-35(23-38(30)40)51-44(58)13-18-50-29-56)36-16-19-52(20-17-36)26-32-14-21-53(22-15-32)46(59)34-9-7-33(8-10-34)43-27-54(31(2)28-60-43)41(45(48)49)24-39(47)37-5-3-4-6-42(37)57/h3-12,23-25,29,31-32,36,43,57H,13-22,26-28,47-49H2,1-2H3,(H,50,56)(H,51,58)/b39-24-/t31-,43+/m0/s1. The first-order chi connectivity index (χ1) is 29.0. The number of benzene rings is 3. The van der Waals surface area contributed by atoms with Crippen molar-refractivity contribution in [3.8, 4) is 5.75 Å². The molecule has 60 heavy (non-hydrogen) atoms. The number of phenolic OH excluding ortho intramolecular Hbond substituents is 1. The number of piperidine rings is 2. The van der Waals surface area contributed by atoms with E-state index >= 15 is 0 Å². The molecule has 0 spiro atoms. The maximum atomic E-state index is 13.6. The molecule has 14 nitrogen and oxygen atoms in total. The lowest BCUT2D eigenvalue weighted by Crippen LogP contribution is -2.45. The van der Waals surface area contributed by atoms with Crippen molar-refractivity contribution < 1.29 is 24.2 Å². The number of anilines is 1. The molecule has 318 valence electrons. The number of hydrogen-bond donors (Lipinski definition) is 6. The molecule has 2 atom stereocenters. The van der Waals surface area contributed by atoms with Crippen molar-refractivity contribution in [1.82, 2.24) is 24.6 Å². The number of aromatic nitrogens is 1. The predicted octanol–water partition coefficient (Wildman–Crippen LogP) is 4.77. The molecule has 0 bridgehead atoms. The number of aryl methyl sites for hydroxylation is 1. The highest BCUT2D eigenvalue weighted by Gasteiger charge is 2.31. The molecule has 0 saturated carbocycles. The Morgan fingerprint density at radius 1 is 0.950 bits per heavy atom. The number of para-hydroxylation sites is 1. The van der Waals surface area contributed by atoms with E-state index in [1.165, 1.54) is 11.1 Å². The first kappa shape index (κ1) is 42.1. The van der Waals surface area contributed by atoms with Gasteiger partial charge in [-0.1, -0.05) is 24.3 Å². The summed E-state index contributed by atoms with van der Waals surface area (Å²) in [6.45, 7) is 10.0. The monoisotopic (exact) mass is 817 g/mol. The molecule has 4 heterocycles. The summed E-state index contributed by atoms with van der Waals surface area (Å²) in [7, 11) is 0. The van der Waals surface area contributed by atoms with Gasteiger partial charge in [-0.2, -0.15) is 0 Å². The van der Waals surface area contributed by atoms with Crippen molar-refractivity contribution in [2.24, 2.45) is 23.1 Å². The third kappa shape index (κ3) is 9.72. The molecular formula is C46H59N9O5. The summed E-state index contributed by atoms with van der Waals surface area (Å²) < 4.78 is 8.66. The molecule has 3 aliphatic heterocycles. The van der Waals surface area contributed by atoms with Crippen LogP contribution in [-0.4, -0.2) is 101 Å². The second-order valence-electron chi connectivity index (χ2n) is 16.5. The second kappa shape index (κ2) is 18.9. The summed E-state index contributed by atoms with van der Waals surface area (Å²) in [5.74, 6) is 0.684. The zero-order valence-electron chi connectivity index (χ0n) is 34.7. The number of phenols is 1. The average Bonchev–Trinajstić information content (AvgIpc) is 3.58. The number of nitrogens with two attached hydrogens (primary N) is 3. The van der Waals surface area contributed by atoms with Crippen LogP contribution in [0.15, 0.2) is 90.5 Å². The van der Waals surface area contributed by atoms with Crippen LogP contribution in [0.2, 0.25) is 0 Å². The van der Waals surface area contributed by atoms with Gasteiger partial charge in [-0.05, 0) is 105 Å². The van der Waals surface area contributed by atoms with Gasteiger partial charge in [0.2, 0.25) is 12.3 Å². The quantitative estimate of drug-likeness (QED) is 0.0622. The summed E-state index contributed by atoms with van der Waals surface area (Å²) >= 11 is 0. The van der Waals surface area contributed by atoms with E-state index in [0.717, 1.165) is 75.0 Å². The number of likely N-dealkylation sites (tertiary alicyclic amines) is 2. The number of aromatic hydroxyl groups is 1. The first-order valence-corrected chi connectivity index (χ1v) is 21.1. The molecule has 3 amide bonds. The zero-order chi connectivity index (χ0) is 42.3. The molecule has 0 radical (unpaired) electrons. The number of morpholine rings is 1. The third-order valence-electron chi connectivity index (χ3n) is 12.3. The summed E-state index contributed by atoms with van der Waals surface area (Å²) in [4.78, 5) is 43.1. The fourth-order valence-corrected chi connectivity index (χ4v) is 8.93. The van der Waals surface area contributed by atoms with Crippen molar-refractivity contribution in [2.45, 2.75) is 64.1 Å². The Morgan fingerprint density at radius 2 is 1.68 bits per heavy atom. The highest BCUT2D eigenvalue weighted by Crippen LogP contribution is 2.34. The molecular weight excluding hydrogens is 759 g/mol. The molecule has 0 unspecified atom stereocenters. The maximum absolute atomic E-state index is 13.6. The lowest BCUT2D eigenvalue weighted by molar-refractivity contribution is -0.116. The number of nitrogens with one attached hydrogen (secondary N) is 2. The summed E-state index contributed by atoms with van der Waals surface area (Å²) in [5.41, 5.74) is 24.9. The van der Waals surface area contributed by atoms with Crippen molar-refractivity contribution in [3.63, 3.8) is 0 Å². The van der Waals surface area contributed by atoms with E-state index in [0.29, 0.717) is 60.6 Å². The Kier molecular flexibility index (Phi) is 13.3. The van der Waals surface area contributed by atoms with E-state index < -0.39 is 0 Å². The largest absolute Gasteiger partial charge is 0.507 e. The fraction of sp³-hybridized carbons (Fsp3) is 0.413. The Morgan fingerprint density at radius 3 is 2.38 bits per heavy atom. The summed E-state index contributed by atoms with van der Waals surface area (Å²) in [6.07, 6.45) is 8.63. The second-order valence-corrected chi connectivity index (χ2v) is 16.5. The molecule has 3 aliphatic rings. The van der Waals surface area contributed by atoms with Crippen molar-refractivity contribution in [1.29, 1.82) is 0 Å². The Balaban J connectivity index is 0.881. The van der Waals surface area contributed by atoms with Crippen LogP contribution in [0, 0.1) is 12.8 Å². The molecule has 4 aromatic rings. The van der Waals surface area contributed by atoms with Gasteiger partial charge >= 0.3 is 0 Å². The van der Waals surface area contributed by atoms with E-state index in [9.17, 15) is 19.5 Å². The van der Waals surface area contributed by atoms with Crippen molar-refractivity contribution >= 4 is 40.5 Å². The van der Waals surface area contributed by atoms with Crippen molar-refractivity contribution in [3.05, 3.63) is 113 Å². The van der Waals surface area contributed by atoms with Gasteiger partial charge in [0.15, 0.2) is 0 Å². The van der Waals surface area contributed by atoms with Gasteiger partial charge < -0.3 is 56.9 Å². The zero-order valence-corrected chi connectivity index (χ0v) is 34.7. The van der Waals surface area contributed by atoms with E-state index in [-0.39, 0.29) is 42.0 Å². The number of carbonyl (C=O) groups excluding carboxylic acids is 3. The lowest BCUT2D eigenvalue weighted by atomic mass is 9.94. The Labute approximate surface area is 352 Å². The smallest absolute Gasteiger partial charge is 0.253 e.